The highest BCUT2D eigenvalue weighted by Gasteiger charge is 2.38. The largest absolute Gasteiger partial charge is 0.293 e. The maximum absolute atomic E-state index is 13.1. The van der Waals surface area contributed by atoms with Crippen molar-refractivity contribution in [2.75, 3.05) is 6.54 Å². The Morgan fingerprint density at radius 3 is 2.34 bits per heavy atom. The van der Waals surface area contributed by atoms with Gasteiger partial charge in [-0.3, -0.25) is 4.79 Å². The molecule has 6 heteroatoms. The first-order valence-corrected chi connectivity index (χ1v) is 11.8. The maximum atomic E-state index is 13.1. The van der Waals surface area contributed by atoms with E-state index in [1.807, 2.05) is 44.2 Å². The first kappa shape index (κ1) is 21.7. The topological polar surface area (TPSA) is 54.5 Å². The lowest BCUT2D eigenvalue weighted by atomic mass is 10.0. The number of aryl methyl sites for hydroxylation is 1. The third kappa shape index (κ3) is 4.94. The highest BCUT2D eigenvalue weighted by Crippen LogP contribution is 2.28. The van der Waals surface area contributed by atoms with E-state index in [1.165, 1.54) is 10.4 Å². The Hall–Kier alpha value is -2.02. The fourth-order valence-corrected chi connectivity index (χ4v) is 5.49. The summed E-state index contributed by atoms with van der Waals surface area (Å²) in [7, 11) is -3.70. The Bertz CT molecular complexity index is 1040. The molecule has 1 aliphatic rings. The summed E-state index contributed by atoms with van der Waals surface area (Å²) in [6.45, 7) is 4.19. The van der Waals surface area contributed by atoms with Gasteiger partial charge in [-0.2, -0.15) is 4.31 Å². The van der Waals surface area contributed by atoms with Gasteiger partial charge in [0, 0.05) is 6.54 Å². The van der Waals surface area contributed by atoms with Crippen LogP contribution in [0.1, 0.15) is 30.9 Å². The van der Waals surface area contributed by atoms with E-state index >= 15 is 0 Å². The average molecular weight is 474 g/mol. The van der Waals surface area contributed by atoms with Crippen LogP contribution in [-0.4, -0.2) is 31.1 Å². The lowest BCUT2D eigenvalue weighted by molar-refractivity contribution is -0.117. The molecule has 1 aliphatic heterocycles. The summed E-state index contributed by atoms with van der Waals surface area (Å²) in [5, 5.41) is 0. The minimum atomic E-state index is -3.70. The Balaban J connectivity index is 1.84. The lowest BCUT2D eigenvalue weighted by Crippen LogP contribution is -2.39. The monoisotopic (exact) mass is 473 g/mol. The molecule has 2 aromatic rings. The fraction of sp³-hybridized carbons (Fsp3) is 0.261. The maximum Gasteiger partial charge on any atom is 0.243 e. The summed E-state index contributed by atoms with van der Waals surface area (Å²) in [6.07, 6.45) is 4.47. The zero-order valence-corrected chi connectivity index (χ0v) is 18.9. The van der Waals surface area contributed by atoms with E-state index in [-0.39, 0.29) is 10.7 Å². The molecule has 0 N–H and O–H groups in total. The molecule has 0 bridgehead atoms. The second-order valence-electron chi connectivity index (χ2n) is 7.14. The lowest BCUT2D eigenvalue weighted by Gasteiger charge is -2.22. The van der Waals surface area contributed by atoms with Gasteiger partial charge in [0.05, 0.1) is 10.9 Å². The number of rotatable bonds is 6. The van der Waals surface area contributed by atoms with Crippen LogP contribution >= 0.6 is 15.9 Å². The van der Waals surface area contributed by atoms with Gasteiger partial charge in [0.15, 0.2) is 5.78 Å². The van der Waals surface area contributed by atoms with Crippen LogP contribution in [0.4, 0.5) is 0 Å². The van der Waals surface area contributed by atoms with Gasteiger partial charge in [-0.25, -0.2) is 8.42 Å². The smallest absolute Gasteiger partial charge is 0.243 e. The van der Waals surface area contributed by atoms with Gasteiger partial charge in [-0.15, -0.1) is 0 Å². The molecule has 0 amide bonds. The minimum Gasteiger partial charge on any atom is -0.293 e. The molecule has 1 heterocycles. The average Bonchev–Trinajstić information content (AvgIpc) is 3.20. The van der Waals surface area contributed by atoms with Crippen LogP contribution in [0.3, 0.4) is 0 Å². The number of nitrogens with zero attached hydrogens (tertiary/aromatic N) is 1. The summed E-state index contributed by atoms with van der Waals surface area (Å²) in [5.74, 6) is -0.194. The first-order valence-electron chi connectivity index (χ1n) is 9.53. The van der Waals surface area contributed by atoms with Crippen LogP contribution in [0.15, 0.2) is 76.1 Å². The zero-order valence-electron chi connectivity index (χ0n) is 16.5. The van der Waals surface area contributed by atoms with Gasteiger partial charge >= 0.3 is 0 Å². The van der Waals surface area contributed by atoms with E-state index in [9.17, 15) is 13.2 Å². The molecule has 0 aliphatic carbocycles. The van der Waals surface area contributed by atoms with Crippen molar-refractivity contribution in [1.82, 2.24) is 4.31 Å². The molecular weight excluding hydrogens is 450 g/mol. The molecule has 0 unspecified atom stereocenters. The molecule has 29 heavy (non-hydrogen) atoms. The second-order valence-corrected chi connectivity index (χ2v) is 10.2. The van der Waals surface area contributed by atoms with Crippen LogP contribution in [0.2, 0.25) is 0 Å². The van der Waals surface area contributed by atoms with Gasteiger partial charge in [-0.05, 0) is 66.6 Å². The molecular formula is C23H24BrNO3S. The fourth-order valence-electron chi connectivity index (χ4n) is 3.46. The van der Waals surface area contributed by atoms with Gasteiger partial charge < -0.3 is 0 Å². The summed E-state index contributed by atoms with van der Waals surface area (Å²) >= 11 is 3.50. The molecule has 1 fully saturated rings. The van der Waals surface area contributed by atoms with Gasteiger partial charge in [0.2, 0.25) is 10.0 Å². The molecule has 0 saturated carbocycles. The molecule has 0 radical (unpaired) electrons. The van der Waals surface area contributed by atoms with Crippen molar-refractivity contribution in [3.8, 4) is 0 Å². The second kappa shape index (κ2) is 9.20. The highest BCUT2D eigenvalue weighted by molar-refractivity contribution is 9.11. The normalized spacial score (nSPS) is 18.8. The number of benzene rings is 2. The molecule has 1 atom stereocenters. The van der Waals surface area contributed by atoms with Crippen LogP contribution in [-0.2, 0) is 14.8 Å². The number of ketones is 1. The van der Waals surface area contributed by atoms with Crippen molar-refractivity contribution in [2.45, 2.75) is 37.6 Å². The van der Waals surface area contributed by atoms with E-state index in [2.05, 4.69) is 15.9 Å². The van der Waals surface area contributed by atoms with Crippen LogP contribution in [0.25, 0.3) is 5.57 Å². The van der Waals surface area contributed by atoms with E-state index in [0.29, 0.717) is 19.4 Å². The van der Waals surface area contributed by atoms with E-state index in [4.69, 9.17) is 0 Å². The first-order chi connectivity index (χ1) is 13.8. The van der Waals surface area contributed by atoms with Crippen LogP contribution < -0.4 is 0 Å². The van der Waals surface area contributed by atoms with Gasteiger partial charge in [-0.1, -0.05) is 64.0 Å². The van der Waals surface area contributed by atoms with Gasteiger partial charge in [0.1, 0.15) is 0 Å². The van der Waals surface area contributed by atoms with E-state index in [1.54, 1.807) is 30.3 Å². The Morgan fingerprint density at radius 1 is 1.07 bits per heavy atom. The van der Waals surface area contributed by atoms with Crippen molar-refractivity contribution in [1.29, 1.82) is 0 Å². The third-order valence-corrected chi connectivity index (χ3v) is 7.38. The van der Waals surface area contributed by atoms with Crippen LogP contribution in [0.5, 0.6) is 0 Å². The third-order valence-electron chi connectivity index (χ3n) is 5.03. The predicted octanol–water partition coefficient (Wildman–Crippen LogP) is 5.10. The molecule has 3 rings (SSSR count). The zero-order chi connectivity index (χ0) is 21.0. The summed E-state index contributed by atoms with van der Waals surface area (Å²) in [4.78, 5) is 13.1. The standard InChI is InChI=1S/C23H24BrNO3S/c1-17-10-12-20(13-11-17)29(27,28)25-16-6-9-22(25)23(26)15-14-21(18(2)24)19-7-4-3-5-8-19/h3-5,7-8,10-15,22H,6,9,16H2,1-2H3/b15-14+,21-18-/t22-/m0/s1. The minimum absolute atomic E-state index is 0.194. The highest BCUT2D eigenvalue weighted by atomic mass is 79.9. The van der Waals surface area contributed by atoms with Crippen molar-refractivity contribution < 1.29 is 13.2 Å². The Morgan fingerprint density at radius 2 is 1.72 bits per heavy atom. The van der Waals surface area contributed by atoms with Crippen molar-refractivity contribution in [3.05, 3.63) is 82.4 Å². The predicted molar refractivity (Wildman–Crippen MR) is 120 cm³/mol. The molecule has 152 valence electrons. The summed E-state index contributed by atoms with van der Waals surface area (Å²) < 4.78 is 28.4. The number of carbonyl (C=O) groups is 1. The number of carbonyl (C=O) groups excluding carboxylic acids is 1. The number of hydrogen-bond donors (Lipinski definition) is 0. The van der Waals surface area contributed by atoms with Crippen LogP contribution in [0, 0.1) is 6.92 Å². The number of halogens is 1. The summed E-state index contributed by atoms with van der Waals surface area (Å²) in [5.41, 5.74) is 2.87. The summed E-state index contributed by atoms with van der Waals surface area (Å²) in [6, 6.07) is 15.8. The Labute approximate surface area is 181 Å². The number of allylic oxidation sites excluding steroid dienone is 3. The van der Waals surface area contributed by atoms with Crippen molar-refractivity contribution in [2.24, 2.45) is 0 Å². The van der Waals surface area contributed by atoms with Crippen molar-refractivity contribution >= 4 is 37.3 Å². The van der Waals surface area contributed by atoms with Gasteiger partial charge in [0.25, 0.3) is 0 Å². The number of sulfonamides is 1. The molecule has 0 spiro atoms. The Kier molecular flexibility index (Phi) is 6.88. The number of hydrogen-bond acceptors (Lipinski definition) is 3. The van der Waals surface area contributed by atoms with E-state index < -0.39 is 16.1 Å². The molecule has 2 aromatic carbocycles. The quantitative estimate of drug-likeness (QED) is 0.433. The SMILES string of the molecule is C/C(Br)=C(\C=C\C(=O)[C@@H]1CCCN1S(=O)(=O)c1ccc(C)cc1)c1ccccc1. The van der Waals surface area contributed by atoms with E-state index in [0.717, 1.165) is 21.2 Å². The van der Waals surface area contributed by atoms with Crippen molar-refractivity contribution in [3.63, 3.8) is 0 Å². The molecule has 0 aromatic heterocycles. The molecule has 4 nitrogen and oxygen atoms in total. The molecule has 1 saturated heterocycles.